The number of hydrogen-bond donors (Lipinski definition) is 0. The molecular weight excluding hydrogens is 749 g/mol. The topological polar surface area (TPSA) is 9.72 Å². The Bertz CT molecular complexity index is 2730. The van der Waals surface area contributed by atoms with Gasteiger partial charge < -0.3 is 14.7 Å². The molecule has 0 amide bonds. The number of aryl methyl sites for hydroxylation is 2. The Balaban J connectivity index is 1.37. The third-order valence-electron chi connectivity index (χ3n) is 15.5. The molecule has 0 N–H and O–H groups in total. The standard InChI is InChI=1S/C58H66BN3/c1-37-18-16-20-43(30-37)60(44-21-17-19-38(2)31-44)45-35-50-52-51(36-45)62-53-46(57(12)28-14-15-29-58(57,62)13)32-41(56(9,10)11)34-48(53)59(52)47-33-40(55(6,7)8)24-27-49(47)61(50)42-25-22-39(23-26-42)54(3,4)5/h16-27,30-36H,14-15,28-29H2,1-13H3. The molecule has 1 fully saturated rings. The van der Waals surface area contributed by atoms with Crippen LogP contribution in [0.5, 0.6) is 0 Å². The number of hydrogen-bond acceptors (Lipinski definition) is 3. The van der Waals surface area contributed by atoms with Crippen LogP contribution < -0.4 is 31.1 Å². The van der Waals surface area contributed by atoms with E-state index < -0.39 is 0 Å². The molecule has 2 unspecified atom stereocenters. The van der Waals surface area contributed by atoms with E-state index in [4.69, 9.17) is 0 Å². The minimum atomic E-state index is -0.0968. The van der Waals surface area contributed by atoms with Gasteiger partial charge in [0.15, 0.2) is 0 Å². The highest BCUT2D eigenvalue weighted by Gasteiger charge is 2.61. The molecule has 3 heterocycles. The molecule has 0 radical (unpaired) electrons. The van der Waals surface area contributed by atoms with Crippen molar-refractivity contribution < 1.29 is 0 Å². The average Bonchev–Trinajstić information content (AvgIpc) is 3.42. The average molecular weight is 816 g/mol. The number of fused-ring (bicyclic) bond motifs is 7. The largest absolute Gasteiger partial charge is 0.335 e. The first-order valence-electron chi connectivity index (χ1n) is 23.3. The summed E-state index contributed by atoms with van der Waals surface area (Å²) in [5.74, 6) is 0. The maximum Gasteiger partial charge on any atom is 0.252 e. The van der Waals surface area contributed by atoms with Crippen molar-refractivity contribution in [2.24, 2.45) is 0 Å². The molecule has 0 aromatic heterocycles. The van der Waals surface area contributed by atoms with Gasteiger partial charge in [0.05, 0.1) is 11.2 Å². The lowest BCUT2D eigenvalue weighted by atomic mass is 9.33. The number of benzene rings is 6. The van der Waals surface area contributed by atoms with Crippen LogP contribution in [-0.4, -0.2) is 12.3 Å². The summed E-state index contributed by atoms with van der Waals surface area (Å²) in [6.45, 7) is 31.0. The van der Waals surface area contributed by atoms with E-state index in [1.165, 1.54) is 109 Å². The minimum Gasteiger partial charge on any atom is -0.335 e. The SMILES string of the molecule is Cc1cccc(N(c2cccc(C)c2)c2cc3c4c(c2)N2c5c(cc(C(C)(C)C)cc5C5(C)CCCCC25C)B4c2cc(C(C)(C)C)ccc2N3c2ccc(C(C)(C)C)cc2)c1. The minimum absolute atomic E-state index is 0.00106. The Morgan fingerprint density at radius 3 is 1.69 bits per heavy atom. The second kappa shape index (κ2) is 13.6. The maximum absolute atomic E-state index is 2.90. The molecule has 6 aromatic rings. The predicted octanol–water partition coefficient (Wildman–Crippen LogP) is 14.0. The van der Waals surface area contributed by atoms with E-state index in [2.05, 4.69) is 220 Å². The summed E-state index contributed by atoms with van der Waals surface area (Å²) in [5, 5.41) is 0. The molecule has 3 nitrogen and oxygen atoms in total. The third kappa shape index (κ3) is 6.05. The molecule has 4 heteroatoms. The molecule has 2 atom stereocenters. The van der Waals surface area contributed by atoms with Crippen molar-refractivity contribution in [3.05, 3.63) is 149 Å². The van der Waals surface area contributed by atoms with Gasteiger partial charge in [-0.1, -0.05) is 143 Å². The van der Waals surface area contributed by atoms with Crippen LogP contribution in [0.25, 0.3) is 0 Å². The van der Waals surface area contributed by atoms with Crippen molar-refractivity contribution in [1.29, 1.82) is 0 Å². The summed E-state index contributed by atoms with van der Waals surface area (Å²) in [5.41, 5.74) is 22.6. The lowest BCUT2D eigenvalue weighted by Gasteiger charge is -2.53. The van der Waals surface area contributed by atoms with Gasteiger partial charge in [0.25, 0.3) is 6.71 Å². The first kappa shape index (κ1) is 40.8. The fourth-order valence-corrected chi connectivity index (χ4v) is 11.7. The highest BCUT2D eigenvalue weighted by Crippen LogP contribution is 2.62. The van der Waals surface area contributed by atoms with Crippen molar-refractivity contribution in [2.45, 2.75) is 143 Å². The second-order valence-corrected chi connectivity index (χ2v) is 22.9. The summed E-state index contributed by atoms with van der Waals surface area (Å²) in [6, 6.07) is 45.4. The fourth-order valence-electron chi connectivity index (χ4n) is 11.7. The molecule has 10 rings (SSSR count). The molecule has 0 spiro atoms. The molecule has 6 aromatic carbocycles. The molecule has 4 aliphatic rings. The first-order valence-corrected chi connectivity index (χ1v) is 23.3. The smallest absolute Gasteiger partial charge is 0.252 e. The van der Waals surface area contributed by atoms with Crippen molar-refractivity contribution in [2.75, 3.05) is 14.7 Å². The van der Waals surface area contributed by atoms with Gasteiger partial charge in [0, 0.05) is 45.2 Å². The molecular formula is C58H66BN3. The Morgan fingerprint density at radius 1 is 0.532 bits per heavy atom. The number of anilines is 8. The van der Waals surface area contributed by atoms with Crippen molar-refractivity contribution in [3.8, 4) is 0 Å². The van der Waals surface area contributed by atoms with Crippen LogP contribution in [-0.2, 0) is 21.7 Å². The lowest BCUT2D eigenvalue weighted by molar-refractivity contribution is 0.195. The second-order valence-electron chi connectivity index (χ2n) is 22.9. The number of rotatable bonds is 4. The zero-order valence-corrected chi connectivity index (χ0v) is 39.7. The van der Waals surface area contributed by atoms with Crippen LogP contribution in [0.3, 0.4) is 0 Å². The van der Waals surface area contributed by atoms with Gasteiger partial charge in [-0.2, -0.15) is 0 Å². The summed E-state index contributed by atoms with van der Waals surface area (Å²) >= 11 is 0. The Morgan fingerprint density at radius 2 is 1.10 bits per heavy atom. The molecule has 0 bridgehead atoms. The highest BCUT2D eigenvalue weighted by molar-refractivity contribution is 7.00. The van der Waals surface area contributed by atoms with Crippen LogP contribution in [0.2, 0.25) is 0 Å². The van der Waals surface area contributed by atoms with Gasteiger partial charge in [-0.25, -0.2) is 0 Å². The third-order valence-corrected chi connectivity index (χ3v) is 15.5. The van der Waals surface area contributed by atoms with Gasteiger partial charge in [0.1, 0.15) is 0 Å². The van der Waals surface area contributed by atoms with Crippen molar-refractivity contribution >= 4 is 68.6 Å². The van der Waals surface area contributed by atoms with Gasteiger partial charge >= 0.3 is 0 Å². The van der Waals surface area contributed by atoms with Crippen LogP contribution >= 0.6 is 0 Å². The highest BCUT2D eigenvalue weighted by atomic mass is 15.3. The van der Waals surface area contributed by atoms with Crippen molar-refractivity contribution in [3.63, 3.8) is 0 Å². The van der Waals surface area contributed by atoms with E-state index in [0.717, 1.165) is 6.42 Å². The molecule has 1 aliphatic carbocycles. The van der Waals surface area contributed by atoms with Gasteiger partial charge in [0.2, 0.25) is 0 Å². The van der Waals surface area contributed by atoms with E-state index in [-0.39, 0.29) is 33.9 Å². The first-order chi connectivity index (χ1) is 29.2. The van der Waals surface area contributed by atoms with E-state index in [9.17, 15) is 0 Å². The number of nitrogens with zero attached hydrogens (tertiary/aromatic N) is 3. The van der Waals surface area contributed by atoms with Crippen LogP contribution in [0.4, 0.5) is 45.5 Å². The van der Waals surface area contributed by atoms with Crippen molar-refractivity contribution in [1.82, 2.24) is 0 Å². The Hall–Kier alpha value is -5.22. The quantitative estimate of drug-likeness (QED) is 0.164. The molecule has 316 valence electrons. The lowest BCUT2D eigenvalue weighted by Crippen LogP contribution is -2.64. The Labute approximate surface area is 373 Å². The molecule has 0 saturated heterocycles. The zero-order chi connectivity index (χ0) is 43.9. The van der Waals surface area contributed by atoms with E-state index >= 15 is 0 Å². The molecule has 3 aliphatic heterocycles. The van der Waals surface area contributed by atoms with Crippen LogP contribution in [0, 0.1) is 13.8 Å². The molecule has 1 saturated carbocycles. The summed E-state index contributed by atoms with van der Waals surface area (Å²) in [4.78, 5) is 8.03. The zero-order valence-electron chi connectivity index (χ0n) is 39.7. The maximum atomic E-state index is 2.90. The summed E-state index contributed by atoms with van der Waals surface area (Å²) < 4.78 is 0. The summed E-state index contributed by atoms with van der Waals surface area (Å²) in [7, 11) is 0. The van der Waals surface area contributed by atoms with Gasteiger partial charge in [-0.05, 0) is 154 Å². The monoisotopic (exact) mass is 816 g/mol. The van der Waals surface area contributed by atoms with E-state index in [1.54, 1.807) is 5.56 Å². The Kier molecular flexibility index (Phi) is 8.98. The summed E-state index contributed by atoms with van der Waals surface area (Å²) in [6.07, 6.45) is 4.86. The van der Waals surface area contributed by atoms with Gasteiger partial charge in [-0.3, -0.25) is 0 Å². The van der Waals surface area contributed by atoms with E-state index in [0.29, 0.717) is 0 Å². The van der Waals surface area contributed by atoms with Gasteiger partial charge in [-0.15, -0.1) is 0 Å². The van der Waals surface area contributed by atoms with E-state index in [1.807, 2.05) is 0 Å². The molecule has 62 heavy (non-hydrogen) atoms. The fraction of sp³-hybridized carbons (Fsp3) is 0.379. The normalized spacial score (nSPS) is 20.1. The predicted molar refractivity (Wildman–Crippen MR) is 269 cm³/mol. The van der Waals surface area contributed by atoms with Crippen LogP contribution in [0.1, 0.15) is 135 Å². The van der Waals surface area contributed by atoms with Crippen LogP contribution in [0.15, 0.2) is 115 Å².